The third-order valence-corrected chi connectivity index (χ3v) is 5.24. The first-order chi connectivity index (χ1) is 13.7. The molecule has 146 valence electrons. The molecule has 0 radical (unpaired) electrons. The van der Waals surface area contributed by atoms with Crippen LogP contribution in [-0.4, -0.2) is 18.3 Å². The first-order valence-corrected chi connectivity index (χ1v) is 10.1. The molecular weight excluding hydrogens is 344 g/mol. The monoisotopic (exact) mass is 374 g/mol. The highest BCUT2D eigenvalue weighted by Crippen LogP contribution is 2.40. The van der Waals surface area contributed by atoms with Crippen LogP contribution in [0.2, 0.25) is 0 Å². The minimum Gasteiger partial charge on any atom is -0.396 e. The van der Waals surface area contributed by atoms with E-state index in [0.29, 0.717) is 12.5 Å². The van der Waals surface area contributed by atoms with Crippen LogP contribution in [-0.2, 0) is 10.3 Å². The van der Waals surface area contributed by atoms with Crippen LogP contribution in [0.4, 0.5) is 0 Å². The van der Waals surface area contributed by atoms with E-state index in [1.54, 1.807) is 0 Å². The van der Waals surface area contributed by atoms with Crippen molar-refractivity contribution in [2.45, 2.75) is 25.9 Å². The van der Waals surface area contributed by atoms with E-state index in [1.807, 2.05) is 18.2 Å². The summed E-state index contributed by atoms with van der Waals surface area (Å²) in [5.74, 6) is 0.621. The number of hydrogen-bond donors (Lipinski definition) is 1. The fourth-order valence-corrected chi connectivity index (χ4v) is 3.87. The third kappa shape index (κ3) is 4.52. The lowest BCUT2D eigenvalue weighted by Crippen LogP contribution is -2.34. The van der Waals surface area contributed by atoms with Gasteiger partial charge in [0.15, 0.2) is 0 Å². The Hall–Kier alpha value is -2.42. The van der Waals surface area contributed by atoms with Gasteiger partial charge in [-0.3, -0.25) is 0 Å². The van der Waals surface area contributed by atoms with Crippen molar-refractivity contribution in [3.8, 4) is 0 Å². The standard InChI is InChI=1S/C26H30O2/c1-21(19-27)18-22(2)20-28-26(23-12-6-3-7-13-23,24-14-8-4-9-15-24)25-16-10-5-11-17-25/h3-17,21-22,27H,18-20H2,1-2H3/t21-,22+/m1/s1. The molecule has 0 unspecified atom stereocenters. The van der Waals surface area contributed by atoms with Gasteiger partial charge in [0.2, 0.25) is 0 Å². The summed E-state index contributed by atoms with van der Waals surface area (Å²) in [5, 5.41) is 9.40. The Kier molecular flexibility index (Phi) is 7.02. The second-order valence-corrected chi connectivity index (χ2v) is 7.72. The summed E-state index contributed by atoms with van der Waals surface area (Å²) in [6, 6.07) is 31.3. The van der Waals surface area contributed by atoms with E-state index in [2.05, 4.69) is 86.6 Å². The van der Waals surface area contributed by atoms with Gasteiger partial charge in [-0.1, -0.05) is 105 Å². The number of ether oxygens (including phenoxy) is 1. The largest absolute Gasteiger partial charge is 0.396 e. The normalized spacial score (nSPS) is 13.8. The summed E-state index contributed by atoms with van der Waals surface area (Å²) < 4.78 is 6.81. The molecule has 0 saturated carbocycles. The van der Waals surface area contributed by atoms with Gasteiger partial charge in [-0.15, -0.1) is 0 Å². The molecule has 2 nitrogen and oxygen atoms in total. The van der Waals surface area contributed by atoms with E-state index < -0.39 is 5.60 Å². The van der Waals surface area contributed by atoms with Gasteiger partial charge in [0.25, 0.3) is 0 Å². The summed E-state index contributed by atoms with van der Waals surface area (Å²) >= 11 is 0. The molecule has 28 heavy (non-hydrogen) atoms. The van der Waals surface area contributed by atoms with Crippen molar-refractivity contribution < 1.29 is 9.84 Å². The van der Waals surface area contributed by atoms with Crippen LogP contribution in [0.5, 0.6) is 0 Å². The molecule has 3 aromatic carbocycles. The van der Waals surface area contributed by atoms with E-state index >= 15 is 0 Å². The summed E-state index contributed by atoms with van der Waals surface area (Å²) in [7, 11) is 0. The van der Waals surface area contributed by atoms with Crippen molar-refractivity contribution >= 4 is 0 Å². The van der Waals surface area contributed by atoms with Gasteiger partial charge in [0.05, 0.1) is 6.61 Å². The van der Waals surface area contributed by atoms with Crippen LogP contribution >= 0.6 is 0 Å². The van der Waals surface area contributed by atoms with E-state index in [1.165, 1.54) is 0 Å². The van der Waals surface area contributed by atoms with Crippen LogP contribution in [0.1, 0.15) is 37.0 Å². The lowest BCUT2D eigenvalue weighted by molar-refractivity contribution is -0.00994. The van der Waals surface area contributed by atoms with Crippen LogP contribution < -0.4 is 0 Å². The van der Waals surface area contributed by atoms with Gasteiger partial charge in [-0.05, 0) is 34.9 Å². The predicted octanol–water partition coefficient (Wildman–Crippen LogP) is 5.65. The van der Waals surface area contributed by atoms with Crippen molar-refractivity contribution in [2.75, 3.05) is 13.2 Å². The Bertz CT molecular complexity index is 718. The maximum absolute atomic E-state index is 9.40. The first kappa shape index (κ1) is 20.3. The number of aliphatic hydroxyl groups excluding tert-OH is 1. The second kappa shape index (κ2) is 9.68. The predicted molar refractivity (Wildman–Crippen MR) is 115 cm³/mol. The van der Waals surface area contributed by atoms with Gasteiger partial charge in [0, 0.05) is 6.61 Å². The average molecular weight is 375 g/mol. The van der Waals surface area contributed by atoms with Gasteiger partial charge in [-0.2, -0.15) is 0 Å². The molecule has 0 fully saturated rings. The smallest absolute Gasteiger partial charge is 0.143 e. The number of aliphatic hydroxyl groups is 1. The summed E-state index contributed by atoms with van der Waals surface area (Å²) in [6.45, 7) is 5.10. The molecule has 3 aromatic rings. The maximum Gasteiger partial charge on any atom is 0.143 e. The molecule has 0 aliphatic carbocycles. The topological polar surface area (TPSA) is 29.5 Å². The van der Waals surface area contributed by atoms with E-state index in [0.717, 1.165) is 23.1 Å². The molecule has 0 spiro atoms. The first-order valence-electron chi connectivity index (χ1n) is 10.1. The Labute approximate surface area is 168 Å². The summed E-state index contributed by atoms with van der Waals surface area (Å²) in [4.78, 5) is 0. The molecule has 0 aliphatic heterocycles. The summed E-state index contributed by atoms with van der Waals surface area (Å²) in [6.07, 6.45) is 0.935. The minimum absolute atomic E-state index is 0.214. The van der Waals surface area contributed by atoms with Crippen molar-refractivity contribution in [3.05, 3.63) is 108 Å². The molecule has 0 aromatic heterocycles. The van der Waals surface area contributed by atoms with E-state index in [4.69, 9.17) is 4.74 Å². The molecule has 1 N–H and O–H groups in total. The van der Waals surface area contributed by atoms with Gasteiger partial charge < -0.3 is 9.84 Å². The summed E-state index contributed by atoms with van der Waals surface area (Å²) in [5.41, 5.74) is 2.69. The van der Waals surface area contributed by atoms with Crippen LogP contribution in [0, 0.1) is 11.8 Å². The molecule has 0 amide bonds. The Morgan fingerprint density at radius 1 is 0.679 bits per heavy atom. The Morgan fingerprint density at radius 2 is 1.07 bits per heavy atom. The SMILES string of the molecule is C[C@H](COC(c1ccccc1)(c1ccccc1)c1ccccc1)C[C@@H](C)CO. The highest BCUT2D eigenvalue weighted by Gasteiger charge is 2.37. The van der Waals surface area contributed by atoms with E-state index in [9.17, 15) is 5.11 Å². The average Bonchev–Trinajstić information content (AvgIpc) is 2.76. The molecule has 0 bridgehead atoms. The van der Waals surface area contributed by atoms with Crippen molar-refractivity contribution in [1.29, 1.82) is 0 Å². The molecule has 0 heterocycles. The van der Waals surface area contributed by atoms with Gasteiger partial charge in [0.1, 0.15) is 5.60 Å². The van der Waals surface area contributed by atoms with Crippen LogP contribution in [0.15, 0.2) is 91.0 Å². The highest BCUT2D eigenvalue weighted by molar-refractivity contribution is 5.47. The lowest BCUT2D eigenvalue weighted by atomic mass is 9.80. The zero-order valence-electron chi connectivity index (χ0n) is 16.8. The van der Waals surface area contributed by atoms with Crippen molar-refractivity contribution in [1.82, 2.24) is 0 Å². The van der Waals surface area contributed by atoms with Crippen LogP contribution in [0.3, 0.4) is 0 Å². The zero-order valence-corrected chi connectivity index (χ0v) is 16.8. The zero-order chi connectivity index (χ0) is 19.8. The van der Waals surface area contributed by atoms with Gasteiger partial charge >= 0.3 is 0 Å². The maximum atomic E-state index is 9.40. The number of benzene rings is 3. The Balaban J connectivity index is 2.06. The van der Waals surface area contributed by atoms with Crippen molar-refractivity contribution in [3.63, 3.8) is 0 Å². The molecule has 0 saturated heterocycles. The highest BCUT2D eigenvalue weighted by atomic mass is 16.5. The number of rotatable bonds is 9. The number of hydrogen-bond acceptors (Lipinski definition) is 2. The lowest BCUT2D eigenvalue weighted by Gasteiger charge is -2.37. The molecular formula is C26H30O2. The van der Waals surface area contributed by atoms with Crippen LogP contribution in [0.25, 0.3) is 0 Å². The molecule has 3 rings (SSSR count). The minimum atomic E-state index is -0.666. The van der Waals surface area contributed by atoms with Gasteiger partial charge in [-0.25, -0.2) is 0 Å². The Morgan fingerprint density at radius 3 is 1.43 bits per heavy atom. The van der Waals surface area contributed by atoms with Crippen molar-refractivity contribution in [2.24, 2.45) is 11.8 Å². The molecule has 2 atom stereocenters. The fraction of sp³-hybridized carbons (Fsp3) is 0.308. The second-order valence-electron chi connectivity index (χ2n) is 7.72. The molecule has 2 heteroatoms. The molecule has 0 aliphatic rings. The quantitative estimate of drug-likeness (QED) is 0.490. The third-order valence-electron chi connectivity index (χ3n) is 5.24. The fourth-order valence-electron chi connectivity index (χ4n) is 3.87. The van der Waals surface area contributed by atoms with E-state index in [-0.39, 0.29) is 12.5 Å².